The first-order chi connectivity index (χ1) is 40.0. The molecule has 0 radical (unpaired) electrons. The zero-order valence-electron chi connectivity index (χ0n) is 55.3. The number of carbonyl (C=O) groups excluding carboxylic acids is 2. The number of allylic oxidation sites excluding steroid dienone is 2. The van der Waals surface area contributed by atoms with Gasteiger partial charge in [0.2, 0.25) is 5.91 Å². The molecule has 0 aliphatic carbocycles. The van der Waals surface area contributed by atoms with Gasteiger partial charge in [-0.1, -0.05) is 379 Å². The fraction of sp³-hybridized carbons (Fsp3) is 0.947. The van der Waals surface area contributed by atoms with E-state index < -0.39 is 12.1 Å². The van der Waals surface area contributed by atoms with Crippen molar-refractivity contribution in [3.63, 3.8) is 0 Å². The van der Waals surface area contributed by atoms with Gasteiger partial charge in [-0.3, -0.25) is 9.59 Å². The largest absolute Gasteiger partial charge is 0.466 e. The summed E-state index contributed by atoms with van der Waals surface area (Å²) < 4.78 is 5.49. The fourth-order valence-electron chi connectivity index (χ4n) is 12.1. The maximum atomic E-state index is 12.6. The summed E-state index contributed by atoms with van der Waals surface area (Å²) in [5.74, 6) is -0.0177. The third kappa shape index (κ3) is 67.6. The van der Waals surface area contributed by atoms with Gasteiger partial charge in [-0.2, -0.15) is 0 Å². The topological polar surface area (TPSA) is 95.9 Å². The molecule has 1 amide bonds. The Kier molecular flexibility index (Phi) is 69.9. The van der Waals surface area contributed by atoms with E-state index in [2.05, 4.69) is 31.3 Å². The van der Waals surface area contributed by atoms with Crippen molar-refractivity contribution in [1.29, 1.82) is 0 Å². The van der Waals surface area contributed by atoms with E-state index in [4.69, 9.17) is 4.74 Å². The van der Waals surface area contributed by atoms with E-state index in [1.165, 1.54) is 353 Å². The summed E-state index contributed by atoms with van der Waals surface area (Å²) in [5.41, 5.74) is 0. The number of hydrogen-bond donors (Lipinski definition) is 3. The molecule has 2 atom stereocenters. The first-order valence-corrected chi connectivity index (χ1v) is 37.4. The van der Waals surface area contributed by atoms with Gasteiger partial charge in [-0.25, -0.2) is 0 Å². The molecule has 3 N–H and O–H groups in total. The number of hydrogen-bond acceptors (Lipinski definition) is 5. The molecule has 0 aromatic heterocycles. The van der Waals surface area contributed by atoms with Crippen LogP contribution in [-0.2, 0) is 14.3 Å². The molecule has 0 rings (SSSR count). The van der Waals surface area contributed by atoms with E-state index in [1.807, 2.05) is 0 Å². The molecule has 0 saturated carbocycles. The zero-order chi connectivity index (χ0) is 58.5. The monoisotopic (exact) mass is 1140 g/mol. The second kappa shape index (κ2) is 71.1. The van der Waals surface area contributed by atoms with E-state index in [-0.39, 0.29) is 18.5 Å². The smallest absolute Gasteiger partial charge is 0.305 e. The normalized spacial score (nSPS) is 12.5. The number of esters is 1. The van der Waals surface area contributed by atoms with Gasteiger partial charge in [0.25, 0.3) is 0 Å². The Labute approximate surface area is 508 Å². The van der Waals surface area contributed by atoms with Gasteiger partial charge in [-0.05, 0) is 51.4 Å². The van der Waals surface area contributed by atoms with Crippen molar-refractivity contribution in [2.45, 2.75) is 443 Å². The number of unbranched alkanes of at least 4 members (excludes halogenated alkanes) is 58. The van der Waals surface area contributed by atoms with Crippen LogP contribution < -0.4 is 5.32 Å². The SMILES string of the molecule is CCCCCCCC/C=C\CCCCCCCC(=O)OCCCCCCCCCCCCCCCCCCCCCCCCCCCC(=O)NC(CO)C(O)CCCCCCCCCCCCCCCCCCCCCCCCCC. The minimum Gasteiger partial charge on any atom is -0.466 e. The molecule has 0 aromatic rings. The van der Waals surface area contributed by atoms with Crippen LogP contribution in [0.2, 0.25) is 0 Å². The van der Waals surface area contributed by atoms with Crippen molar-refractivity contribution in [2.75, 3.05) is 13.2 Å². The summed E-state index contributed by atoms with van der Waals surface area (Å²) >= 11 is 0. The molecule has 0 aromatic carbocycles. The molecule has 0 bridgehead atoms. The van der Waals surface area contributed by atoms with Crippen molar-refractivity contribution < 1.29 is 24.5 Å². The Morgan fingerprint density at radius 1 is 0.333 bits per heavy atom. The standard InChI is InChI=1S/C75H147NO5/c1-3-5-7-9-11-13-15-17-19-20-21-22-23-27-30-33-36-40-43-47-51-55-59-63-67-73(78)72(71-77)76-74(79)68-64-60-56-52-48-44-41-37-34-31-28-25-24-26-29-32-35-38-42-46-50-54-58-62-66-70-81-75(80)69-65-61-57-53-49-45-39-18-16-14-12-10-8-6-4-2/h18,39,72-73,77-78H,3-17,19-38,40-71H2,1-2H3,(H,76,79)/b39-18-. The van der Waals surface area contributed by atoms with Crippen LogP contribution in [0.4, 0.5) is 0 Å². The highest BCUT2D eigenvalue weighted by atomic mass is 16.5. The third-order valence-corrected chi connectivity index (χ3v) is 17.8. The second-order valence-corrected chi connectivity index (χ2v) is 26.0. The van der Waals surface area contributed by atoms with E-state index >= 15 is 0 Å². The molecule has 482 valence electrons. The predicted octanol–water partition coefficient (Wildman–Crippen LogP) is 24.3. The highest BCUT2D eigenvalue weighted by Gasteiger charge is 2.20. The lowest BCUT2D eigenvalue weighted by Crippen LogP contribution is -2.45. The Morgan fingerprint density at radius 3 is 0.877 bits per heavy atom. The van der Waals surface area contributed by atoms with Crippen LogP contribution in [0.1, 0.15) is 431 Å². The summed E-state index contributed by atoms with van der Waals surface area (Å²) in [6, 6.07) is -0.541. The zero-order valence-corrected chi connectivity index (χ0v) is 55.3. The quantitative estimate of drug-likeness (QED) is 0.0320. The van der Waals surface area contributed by atoms with E-state index in [1.54, 1.807) is 0 Å². The van der Waals surface area contributed by atoms with Gasteiger partial charge in [0, 0.05) is 12.8 Å². The maximum Gasteiger partial charge on any atom is 0.305 e. The molecule has 2 unspecified atom stereocenters. The summed E-state index contributed by atoms with van der Waals surface area (Å²) in [6.07, 6.45) is 88.5. The van der Waals surface area contributed by atoms with Crippen molar-refractivity contribution in [3.8, 4) is 0 Å². The lowest BCUT2D eigenvalue weighted by atomic mass is 10.0. The molecular weight excluding hydrogens is 995 g/mol. The minimum atomic E-state index is -0.664. The van der Waals surface area contributed by atoms with Crippen molar-refractivity contribution in [3.05, 3.63) is 12.2 Å². The summed E-state index contributed by atoms with van der Waals surface area (Å²) in [4.78, 5) is 24.6. The summed E-state index contributed by atoms with van der Waals surface area (Å²) in [6.45, 7) is 4.99. The van der Waals surface area contributed by atoms with Crippen LogP contribution in [0, 0.1) is 0 Å². The number of rotatable bonds is 71. The number of aliphatic hydroxyl groups excluding tert-OH is 2. The molecule has 6 heteroatoms. The van der Waals surface area contributed by atoms with Crippen molar-refractivity contribution in [1.82, 2.24) is 5.32 Å². The number of carbonyl (C=O) groups is 2. The highest BCUT2D eigenvalue weighted by Crippen LogP contribution is 2.20. The van der Waals surface area contributed by atoms with Gasteiger partial charge in [0.15, 0.2) is 0 Å². The van der Waals surface area contributed by atoms with Crippen LogP contribution in [-0.4, -0.2) is 47.4 Å². The third-order valence-electron chi connectivity index (χ3n) is 17.8. The lowest BCUT2D eigenvalue weighted by molar-refractivity contribution is -0.143. The number of amides is 1. The molecule has 0 aliphatic rings. The van der Waals surface area contributed by atoms with Crippen LogP contribution in [0.5, 0.6) is 0 Å². The predicted molar refractivity (Wildman–Crippen MR) is 357 cm³/mol. The Bertz CT molecular complexity index is 1220. The first kappa shape index (κ1) is 79.6. The number of nitrogens with one attached hydrogen (secondary N) is 1. The second-order valence-electron chi connectivity index (χ2n) is 26.0. The number of aliphatic hydroxyl groups is 2. The molecule has 0 spiro atoms. The Morgan fingerprint density at radius 2 is 0.580 bits per heavy atom. The first-order valence-electron chi connectivity index (χ1n) is 37.4. The molecule has 0 saturated heterocycles. The van der Waals surface area contributed by atoms with Gasteiger partial charge >= 0.3 is 5.97 Å². The maximum absolute atomic E-state index is 12.6. The van der Waals surface area contributed by atoms with Gasteiger partial charge in [0.05, 0.1) is 25.4 Å². The molecule has 0 aliphatic heterocycles. The summed E-state index contributed by atoms with van der Waals surface area (Å²) in [5, 5.41) is 23.5. The van der Waals surface area contributed by atoms with Crippen LogP contribution in [0.15, 0.2) is 12.2 Å². The molecule has 0 fully saturated rings. The van der Waals surface area contributed by atoms with Gasteiger partial charge in [-0.15, -0.1) is 0 Å². The van der Waals surface area contributed by atoms with Crippen LogP contribution >= 0.6 is 0 Å². The molecule has 6 nitrogen and oxygen atoms in total. The minimum absolute atomic E-state index is 0.00984. The van der Waals surface area contributed by atoms with Crippen molar-refractivity contribution in [2.24, 2.45) is 0 Å². The van der Waals surface area contributed by atoms with E-state index in [0.717, 1.165) is 44.9 Å². The van der Waals surface area contributed by atoms with E-state index in [0.29, 0.717) is 25.9 Å². The molecule has 81 heavy (non-hydrogen) atoms. The number of ether oxygens (including phenoxy) is 1. The lowest BCUT2D eigenvalue weighted by Gasteiger charge is -2.22. The van der Waals surface area contributed by atoms with E-state index in [9.17, 15) is 19.8 Å². The molecular formula is C75H147NO5. The van der Waals surface area contributed by atoms with Crippen molar-refractivity contribution >= 4 is 11.9 Å². The van der Waals surface area contributed by atoms with Gasteiger partial charge < -0.3 is 20.3 Å². The average Bonchev–Trinajstić information content (AvgIpc) is 3.47. The Balaban J connectivity index is 3.36. The fourth-order valence-corrected chi connectivity index (χ4v) is 12.1. The van der Waals surface area contributed by atoms with Crippen LogP contribution in [0.3, 0.4) is 0 Å². The highest BCUT2D eigenvalue weighted by molar-refractivity contribution is 5.76. The van der Waals surface area contributed by atoms with Crippen LogP contribution in [0.25, 0.3) is 0 Å². The van der Waals surface area contributed by atoms with Gasteiger partial charge in [0.1, 0.15) is 0 Å². The average molecular weight is 1140 g/mol. The molecule has 0 heterocycles. The summed E-state index contributed by atoms with van der Waals surface area (Å²) in [7, 11) is 0. The Hall–Kier alpha value is -1.40.